The fraction of sp³-hybridized carbons (Fsp3) is 0.300. The van der Waals surface area contributed by atoms with Gasteiger partial charge in [0.1, 0.15) is 17.4 Å². The Morgan fingerprint density at radius 3 is 2.93 bits per heavy atom. The molecule has 4 heteroatoms. The molecule has 1 aromatic heterocycles. The molecular weight excluding hydrogens is 196 g/mol. The third-order valence-corrected chi connectivity index (χ3v) is 2.58. The second-order valence-corrected chi connectivity index (χ2v) is 3.86. The number of pyridine rings is 1. The number of hydrogen-bond acceptors (Lipinski definition) is 4. The summed E-state index contributed by atoms with van der Waals surface area (Å²) in [4.78, 5) is 14.4. The molecule has 0 radical (unpaired) electrons. The Morgan fingerprint density at radius 2 is 2.36 bits per heavy atom. The van der Waals surface area contributed by atoms with Crippen LogP contribution in [0.25, 0.3) is 0 Å². The summed E-state index contributed by atoms with van der Waals surface area (Å²) in [5, 5.41) is 9.55. The van der Waals surface area contributed by atoms with E-state index < -0.39 is 0 Å². The zero-order valence-electron chi connectivity index (χ0n) is 8.07. The summed E-state index contributed by atoms with van der Waals surface area (Å²) in [5.74, 6) is 0.338. The van der Waals surface area contributed by atoms with Crippen LogP contribution in [0, 0.1) is 25.2 Å². The number of hydrogen-bond donors (Lipinski definition) is 0. The second-order valence-electron chi connectivity index (χ2n) is 2.85. The van der Waals surface area contributed by atoms with Gasteiger partial charge >= 0.3 is 0 Å². The molecule has 0 atom stereocenters. The summed E-state index contributed by atoms with van der Waals surface area (Å²) in [6.07, 6.45) is 0.811. The average molecular weight is 206 g/mol. The maximum absolute atomic E-state index is 10.2. The van der Waals surface area contributed by atoms with Crippen molar-refractivity contribution in [1.82, 2.24) is 4.98 Å². The van der Waals surface area contributed by atoms with Crippen molar-refractivity contribution in [3.63, 3.8) is 0 Å². The van der Waals surface area contributed by atoms with Crippen LogP contribution in [0.3, 0.4) is 0 Å². The van der Waals surface area contributed by atoms with Crippen molar-refractivity contribution in [1.29, 1.82) is 5.26 Å². The molecule has 1 rings (SSSR count). The molecule has 0 aliphatic heterocycles. The molecule has 1 aromatic rings. The van der Waals surface area contributed by atoms with Crippen LogP contribution in [0.2, 0.25) is 0 Å². The van der Waals surface area contributed by atoms with Crippen LogP contribution in [-0.2, 0) is 4.79 Å². The number of rotatable bonds is 3. The topological polar surface area (TPSA) is 53.8 Å². The summed E-state index contributed by atoms with van der Waals surface area (Å²) < 4.78 is 0. The van der Waals surface area contributed by atoms with Crippen molar-refractivity contribution in [2.45, 2.75) is 18.9 Å². The molecule has 72 valence electrons. The molecule has 0 aliphatic rings. The quantitative estimate of drug-likeness (QED) is 0.559. The Morgan fingerprint density at radius 1 is 1.64 bits per heavy atom. The van der Waals surface area contributed by atoms with Gasteiger partial charge in [0.05, 0.1) is 11.3 Å². The van der Waals surface area contributed by atoms with Crippen LogP contribution in [0.15, 0.2) is 11.1 Å². The second kappa shape index (κ2) is 4.77. The minimum absolute atomic E-state index is 0.338. The van der Waals surface area contributed by atoms with Gasteiger partial charge in [-0.05, 0) is 25.5 Å². The summed E-state index contributed by atoms with van der Waals surface area (Å²) in [6, 6.07) is 3.97. The standard InChI is InChI=1S/C10H10N2OS/c1-7-5-8(2)12-10(9(7)6-11)14-4-3-13/h3,5H,4H2,1-2H3. The van der Waals surface area contributed by atoms with Crippen LogP contribution in [0.4, 0.5) is 0 Å². The Kier molecular flexibility index (Phi) is 3.66. The Hall–Kier alpha value is -1.34. The van der Waals surface area contributed by atoms with Crippen molar-refractivity contribution in [3.05, 3.63) is 22.9 Å². The predicted octanol–water partition coefficient (Wildman–Crippen LogP) is 1.86. The van der Waals surface area contributed by atoms with E-state index in [4.69, 9.17) is 5.26 Å². The van der Waals surface area contributed by atoms with E-state index in [-0.39, 0.29) is 0 Å². The third-order valence-electron chi connectivity index (χ3n) is 1.71. The van der Waals surface area contributed by atoms with Crippen molar-refractivity contribution >= 4 is 18.0 Å². The lowest BCUT2D eigenvalue weighted by molar-refractivity contribution is -0.105. The number of aldehydes is 1. The molecule has 0 bridgehead atoms. The van der Waals surface area contributed by atoms with Crippen molar-refractivity contribution in [2.75, 3.05) is 5.75 Å². The number of aromatic nitrogens is 1. The molecule has 0 aliphatic carbocycles. The fourth-order valence-electron chi connectivity index (χ4n) is 1.16. The molecule has 0 aromatic carbocycles. The number of carbonyl (C=O) groups excluding carboxylic acids is 1. The molecule has 0 saturated heterocycles. The van der Waals surface area contributed by atoms with Gasteiger partial charge in [0.25, 0.3) is 0 Å². The number of thioether (sulfide) groups is 1. The first-order valence-electron chi connectivity index (χ1n) is 4.13. The Bertz CT molecular complexity index is 396. The van der Waals surface area contributed by atoms with Gasteiger partial charge in [0.15, 0.2) is 0 Å². The molecule has 0 N–H and O–H groups in total. The van der Waals surface area contributed by atoms with E-state index in [1.807, 2.05) is 19.9 Å². The lowest BCUT2D eigenvalue weighted by Crippen LogP contribution is -1.95. The van der Waals surface area contributed by atoms with Crippen LogP contribution in [-0.4, -0.2) is 17.0 Å². The first-order chi connectivity index (χ1) is 6.69. The number of nitrogens with zero attached hydrogens (tertiary/aromatic N) is 2. The molecule has 0 spiro atoms. The Labute approximate surface area is 87.2 Å². The fourth-order valence-corrected chi connectivity index (χ4v) is 1.94. The lowest BCUT2D eigenvalue weighted by Gasteiger charge is -2.04. The molecule has 0 amide bonds. The summed E-state index contributed by atoms with van der Waals surface area (Å²) >= 11 is 1.30. The molecule has 0 unspecified atom stereocenters. The minimum Gasteiger partial charge on any atom is -0.302 e. The summed E-state index contributed by atoms with van der Waals surface area (Å²) in [7, 11) is 0. The highest BCUT2D eigenvalue weighted by atomic mass is 32.2. The molecule has 1 heterocycles. The van der Waals surface area contributed by atoms with Crippen LogP contribution >= 0.6 is 11.8 Å². The summed E-state index contributed by atoms with van der Waals surface area (Å²) in [6.45, 7) is 3.75. The van der Waals surface area contributed by atoms with E-state index in [1.54, 1.807) is 0 Å². The molecular formula is C10H10N2OS. The first-order valence-corrected chi connectivity index (χ1v) is 5.12. The van der Waals surface area contributed by atoms with Gasteiger partial charge in [-0.15, -0.1) is 0 Å². The normalized spacial score (nSPS) is 9.50. The van der Waals surface area contributed by atoms with Crippen molar-refractivity contribution in [2.24, 2.45) is 0 Å². The molecule has 0 saturated carbocycles. The van der Waals surface area contributed by atoms with E-state index in [0.717, 1.165) is 17.5 Å². The predicted molar refractivity (Wildman–Crippen MR) is 55.2 cm³/mol. The van der Waals surface area contributed by atoms with Crippen LogP contribution in [0.1, 0.15) is 16.8 Å². The Balaban J connectivity index is 3.12. The minimum atomic E-state index is 0.338. The van der Waals surface area contributed by atoms with Gasteiger partial charge in [-0.2, -0.15) is 5.26 Å². The first kappa shape index (κ1) is 10.7. The van der Waals surface area contributed by atoms with Gasteiger partial charge in [-0.1, -0.05) is 11.8 Å². The number of aryl methyl sites for hydroxylation is 2. The monoisotopic (exact) mass is 206 g/mol. The maximum Gasteiger partial charge on any atom is 0.130 e. The van der Waals surface area contributed by atoms with Gasteiger partial charge in [-0.3, -0.25) is 0 Å². The third kappa shape index (κ3) is 2.33. The van der Waals surface area contributed by atoms with Crippen molar-refractivity contribution in [3.8, 4) is 6.07 Å². The van der Waals surface area contributed by atoms with Crippen molar-refractivity contribution < 1.29 is 4.79 Å². The SMILES string of the molecule is Cc1cc(C)c(C#N)c(SCC=O)n1. The van der Waals surface area contributed by atoms with E-state index in [9.17, 15) is 4.79 Å². The molecule has 3 nitrogen and oxygen atoms in total. The van der Waals surface area contributed by atoms with E-state index >= 15 is 0 Å². The van der Waals surface area contributed by atoms with Gasteiger partial charge in [0, 0.05) is 5.69 Å². The maximum atomic E-state index is 10.2. The molecule has 0 fully saturated rings. The summed E-state index contributed by atoms with van der Waals surface area (Å²) in [5.41, 5.74) is 2.35. The highest BCUT2D eigenvalue weighted by Crippen LogP contribution is 2.22. The zero-order valence-corrected chi connectivity index (χ0v) is 8.89. The van der Waals surface area contributed by atoms with E-state index in [1.165, 1.54) is 11.8 Å². The van der Waals surface area contributed by atoms with E-state index in [0.29, 0.717) is 16.3 Å². The smallest absolute Gasteiger partial charge is 0.130 e. The average Bonchev–Trinajstić information content (AvgIpc) is 2.14. The largest absolute Gasteiger partial charge is 0.302 e. The van der Waals surface area contributed by atoms with Crippen LogP contribution < -0.4 is 0 Å². The van der Waals surface area contributed by atoms with Gasteiger partial charge < -0.3 is 4.79 Å². The lowest BCUT2D eigenvalue weighted by atomic mass is 10.1. The zero-order chi connectivity index (χ0) is 10.6. The van der Waals surface area contributed by atoms with Gasteiger partial charge in [-0.25, -0.2) is 4.98 Å². The highest BCUT2D eigenvalue weighted by molar-refractivity contribution is 7.99. The van der Waals surface area contributed by atoms with Crippen LogP contribution in [0.5, 0.6) is 0 Å². The molecule has 14 heavy (non-hydrogen) atoms. The number of nitriles is 1. The highest BCUT2D eigenvalue weighted by Gasteiger charge is 2.08. The van der Waals surface area contributed by atoms with E-state index in [2.05, 4.69) is 11.1 Å². The number of carbonyl (C=O) groups is 1. The van der Waals surface area contributed by atoms with Gasteiger partial charge in [0.2, 0.25) is 0 Å².